The molecule has 0 radical (unpaired) electrons. The summed E-state index contributed by atoms with van der Waals surface area (Å²) in [6.07, 6.45) is 1.52. The number of imide groups is 1. The summed E-state index contributed by atoms with van der Waals surface area (Å²) in [5.74, 6) is -2.74. The molecule has 10 heteroatoms. The Balaban J connectivity index is 1.54. The maximum absolute atomic E-state index is 14.0. The molecule has 0 unspecified atom stereocenters. The quantitative estimate of drug-likeness (QED) is 0.401. The van der Waals surface area contributed by atoms with Gasteiger partial charge in [-0.25, -0.2) is 4.90 Å². The van der Waals surface area contributed by atoms with Crippen LogP contribution in [0.1, 0.15) is 29.5 Å². The van der Waals surface area contributed by atoms with Crippen molar-refractivity contribution in [2.45, 2.75) is 38.3 Å². The number of hydrogen-bond donors (Lipinski definition) is 1. The van der Waals surface area contributed by atoms with Gasteiger partial charge in [-0.15, -0.1) is 0 Å². The second kappa shape index (κ2) is 6.86. The molecule has 0 aromatic heterocycles. The fourth-order valence-electron chi connectivity index (χ4n) is 6.64. The van der Waals surface area contributed by atoms with E-state index in [0.717, 1.165) is 16.9 Å². The van der Waals surface area contributed by atoms with Crippen molar-refractivity contribution >= 4 is 46.4 Å². The molecule has 4 heterocycles. The average molecular weight is 481 g/mol. The molecule has 0 aliphatic carbocycles. The fraction of sp³-hybridized carbons (Fsp3) is 0.375. The maximum Gasteiger partial charge on any atom is 0.269 e. The number of nitro benzene ring substituents is 1. The molecule has 2 aromatic carbocycles. The summed E-state index contributed by atoms with van der Waals surface area (Å²) in [6, 6.07) is 7.47. The first-order chi connectivity index (χ1) is 16.2. The number of anilines is 2. The zero-order valence-electron chi connectivity index (χ0n) is 18.5. The minimum Gasteiger partial charge on any atom is -0.323 e. The van der Waals surface area contributed by atoms with E-state index in [1.165, 1.54) is 18.2 Å². The summed E-state index contributed by atoms with van der Waals surface area (Å²) in [4.78, 5) is 55.4. The van der Waals surface area contributed by atoms with Crippen LogP contribution in [0.2, 0.25) is 5.02 Å². The van der Waals surface area contributed by atoms with Crippen LogP contribution in [-0.2, 0) is 19.9 Å². The molecule has 4 aliphatic heterocycles. The number of fused-ring (bicyclic) bond motifs is 7. The first-order valence-electron chi connectivity index (χ1n) is 11.2. The third kappa shape index (κ3) is 2.40. The third-order valence-corrected chi connectivity index (χ3v) is 8.13. The SMILES string of the molecule is Cc1cc(Cl)c2c(c1)[C@]1(C(=O)N2)[C@@H]2C(=O)N(c3ccc([N+](=O)[O-])cc3C)C(=O)[C@H]2[C@H]2CCCN21. The van der Waals surface area contributed by atoms with E-state index in [1.807, 2.05) is 17.9 Å². The van der Waals surface area contributed by atoms with Gasteiger partial charge in [0.1, 0.15) is 5.54 Å². The van der Waals surface area contributed by atoms with Crippen LogP contribution in [0.3, 0.4) is 0 Å². The second-order valence-electron chi connectivity index (χ2n) is 9.54. The molecule has 0 bridgehead atoms. The number of nitro groups is 1. The molecule has 1 spiro atoms. The van der Waals surface area contributed by atoms with Crippen LogP contribution in [0.5, 0.6) is 0 Å². The number of non-ortho nitro benzene ring substituents is 1. The third-order valence-electron chi connectivity index (χ3n) is 7.83. The molecular weight excluding hydrogens is 460 g/mol. The van der Waals surface area contributed by atoms with E-state index in [1.54, 1.807) is 13.0 Å². The summed E-state index contributed by atoms with van der Waals surface area (Å²) in [7, 11) is 0. The molecule has 174 valence electrons. The standard InChI is InChI=1S/C24H21ClN4O5/c1-11-8-14-20(15(25)9-11)26-23(32)24(14)19-18(17-4-3-7-27(17)24)21(30)28(22(19)31)16-6-5-13(29(33)34)10-12(16)2/h5-6,8-10,17-19H,3-4,7H2,1-2H3,(H,26,32)/t17-,18+,19+,24-/m1/s1. The largest absolute Gasteiger partial charge is 0.323 e. The van der Waals surface area contributed by atoms with E-state index in [9.17, 15) is 24.5 Å². The van der Waals surface area contributed by atoms with Crippen LogP contribution in [-0.4, -0.2) is 40.1 Å². The van der Waals surface area contributed by atoms with E-state index in [0.29, 0.717) is 40.5 Å². The minimum absolute atomic E-state index is 0.117. The van der Waals surface area contributed by atoms with Gasteiger partial charge < -0.3 is 5.32 Å². The van der Waals surface area contributed by atoms with E-state index in [2.05, 4.69) is 5.32 Å². The van der Waals surface area contributed by atoms with Crippen LogP contribution < -0.4 is 10.2 Å². The van der Waals surface area contributed by atoms with E-state index in [4.69, 9.17) is 11.6 Å². The molecule has 3 saturated heterocycles. The Hall–Kier alpha value is -3.30. The van der Waals surface area contributed by atoms with Gasteiger partial charge in [-0.05, 0) is 56.5 Å². The molecule has 4 atom stereocenters. The number of amides is 3. The lowest BCUT2D eigenvalue weighted by atomic mass is 9.75. The summed E-state index contributed by atoms with van der Waals surface area (Å²) < 4.78 is 0. The maximum atomic E-state index is 14.0. The van der Waals surface area contributed by atoms with Crippen LogP contribution in [0.4, 0.5) is 17.1 Å². The molecule has 3 amide bonds. The Morgan fingerprint density at radius 2 is 1.91 bits per heavy atom. The smallest absolute Gasteiger partial charge is 0.269 e. The van der Waals surface area contributed by atoms with E-state index in [-0.39, 0.29) is 23.5 Å². The highest BCUT2D eigenvalue weighted by molar-refractivity contribution is 6.35. The molecule has 34 heavy (non-hydrogen) atoms. The van der Waals surface area contributed by atoms with Gasteiger partial charge in [-0.1, -0.05) is 17.7 Å². The average Bonchev–Trinajstić information content (AvgIpc) is 3.48. The van der Waals surface area contributed by atoms with Gasteiger partial charge >= 0.3 is 0 Å². The first kappa shape index (κ1) is 21.2. The predicted octanol–water partition coefficient (Wildman–Crippen LogP) is 3.30. The summed E-state index contributed by atoms with van der Waals surface area (Å²) >= 11 is 6.49. The van der Waals surface area contributed by atoms with Crippen molar-refractivity contribution in [1.82, 2.24) is 4.90 Å². The number of benzene rings is 2. The fourth-order valence-corrected chi connectivity index (χ4v) is 6.96. The lowest BCUT2D eigenvalue weighted by Gasteiger charge is -2.37. The summed E-state index contributed by atoms with van der Waals surface area (Å²) in [5, 5.41) is 14.5. The Morgan fingerprint density at radius 3 is 2.62 bits per heavy atom. The molecule has 9 nitrogen and oxygen atoms in total. The Labute approximate surface area is 199 Å². The highest BCUT2D eigenvalue weighted by atomic mass is 35.5. The van der Waals surface area contributed by atoms with Crippen molar-refractivity contribution in [1.29, 1.82) is 0 Å². The van der Waals surface area contributed by atoms with Gasteiger partial charge in [0.15, 0.2) is 0 Å². The molecule has 2 aromatic rings. The number of carbonyl (C=O) groups is 3. The van der Waals surface area contributed by atoms with Crippen molar-refractivity contribution in [3.8, 4) is 0 Å². The number of aryl methyl sites for hydroxylation is 2. The van der Waals surface area contributed by atoms with Gasteiger partial charge in [0.25, 0.3) is 11.6 Å². The van der Waals surface area contributed by atoms with Crippen molar-refractivity contribution in [3.05, 3.63) is 62.2 Å². The zero-order valence-corrected chi connectivity index (χ0v) is 19.3. The Bertz CT molecular complexity index is 1340. The number of carbonyl (C=O) groups excluding carboxylic acids is 3. The van der Waals surface area contributed by atoms with Crippen molar-refractivity contribution in [3.63, 3.8) is 0 Å². The predicted molar refractivity (Wildman–Crippen MR) is 124 cm³/mol. The summed E-state index contributed by atoms with van der Waals surface area (Å²) in [5.41, 5.74) is 1.33. The number of nitrogens with one attached hydrogen (secondary N) is 1. The van der Waals surface area contributed by atoms with Gasteiger partial charge in [-0.2, -0.15) is 0 Å². The lowest BCUT2D eigenvalue weighted by Crippen LogP contribution is -2.54. The topological polar surface area (TPSA) is 113 Å². The minimum atomic E-state index is -1.31. The molecule has 6 rings (SSSR count). The van der Waals surface area contributed by atoms with Crippen LogP contribution in [0.15, 0.2) is 30.3 Å². The number of rotatable bonds is 2. The van der Waals surface area contributed by atoms with Crippen molar-refractivity contribution in [2.24, 2.45) is 11.8 Å². The molecular formula is C24H21ClN4O5. The molecule has 1 N–H and O–H groups in total. The zero-order chi connectivity index (χ0) is 24.1. The molecule has 0 saturated carbocycles. The van der Waals surface area contributed by atoms with Crippen LogP contribution in [0, 0.1) is 35.8 Å². The summed E-state index contributed by atoms with van der Waals surface area (Å²) in [6.45, 7) is 4.12. The first-order valence-corrected chi connectivity index (χ1v) is 11.6. The van der Waals surface area contributed by atoms with Gasteiger partial charge in [0.2, 0.25) is 11.8 Å². The van der Waals surface area contributed by atoms with E-state index < -0.39 is 28.2 Å². The second-order valence-corrected chi connectivity index (χ2v) is 9.94. The Morgan fingerprint density at radius 1 is 1.15 bits per heavy atom. The van der Waals surface area contributed by atoms with Crippen LogP contribution >= 0.6 is 11.6 Å². The number of hydrogen-bond acceptors (Lipinski definition) is 6. The van der Waals surface area contributed by atoms with Crippen molar-refractivity contribution in [2.75, 3.05) is 16.8 Å². The highest BCUT2D eigenvalue weighted by Gasteiger charge is 2.74. The number of nitrogens with zero attached hydrogens (tertiary/aromatic N) is 3. The lowest BCUT2D eigenvalue weighted by molar-refractivity contribution is -0.384. The molecule has 4 aliphatic rings. The van der Waals surface area contributed by atoms with E-state index >= 15 is 0 Å². The van der Waals surface area contributed by atoms with Crippen molar-refractivity contribution < 1.29 is 19.3 Å². The Kier molecular flexibility index (Phi) is 4.29. The monoisotopic (exact) mass is 480 g/mol. The normalized spacial score (nSPS) is 29.6. The van der Waals surface area contributed by atoms with Gasteiger partial charge in [0, 0.05) is 23.7 Å². The van der Waals surface area contributed by atoms with Gasteiger partial charge in [0.05, 0.1) is 33.2 Å². The van der Waals surface area contributed by atoms with Gasteiger partial charge in [-0.3, -0.25) is 29.4 Å². The number of halogens is 1. The molecule has 3 fully saturated rings. The highest BCUT2D eigenvalue weighted by Crippen LogP contribution is 2.61. The van der Waals surface area contributed by atoms with Crippen LogP contribution in [0.25, 0.3) is 0 Å².